The molecule has 0 N–H and O–H groups in total. The van der Waals surface area contributed by atoms with Gasteiger partial charge < -0.3 is 0 Å². The molecule has 0 amide bonds. The van der Waals surface area contributed by atoms with Gasteiger partial charge in [0.25, 0.3) is 0 Å². The Balaban J connectivity index is 2.67. The van der Waals surface area contributed by atoms with E-state index in [1.54, 1.807) is 16.5 Å². The second-order valence-corrected chi connectivity index (χ2v) is 8.34. The number of aryl methyl sites for hydroxylation is 4. The molecule has 0 spiro atoms. The molecular weight excluding hydrogens is 308 g/mol. The Labute approximate surface area is 150 Å². The van der Waals surface area contributed by atoms with Gasteiger partial charge in [-0.1, -0.05) is 20.3 Å². The Morgan fingerprint density at radius 3 is 1.71 bits per heavy atom. The van der Waals surface area contributed by atoms with Crippen molar-refractivity contribution in [3.8, 4) is 0 Å². The van der Waals surface area contributed by atoms with E-state index < -0.39 is 0 Å². The molecule has 0 aliphatic carbocycles. The van der Waals surface area contributed by atoms with E-state index in [1.807, 2.05) is 11.3 Å². The van der Waals surface area contributed by atoms with Crippen LogP contribution in [0, 0.1) is 41.5 Å². The first-order chi connectivity index (χ1) is 11.3. The molecule has 3 aromatic rings. The lowest BCUT2D eigenvalue weighted by Gasteiger charge is -2.17. The fourth-order valence-corrected chi connectivity index (χ4v) is 5.80. The molecule has 0 nitrogen and oxygen atoms in total. The van der Waals surface area contributed by atoms with Gasteiger partial charge >= 0.3 is 0 Å². The van der Waals surface area contributed by atoms with Crippen LogP contribution in [0.25, 0.3) is 20.2 Å². The lowest BCUT2D eigenvalue weighted by Crippen LogP contribution is -2.00. The fourth-order valence-electron chi connectivity index (χ4n) is 4.30. The van der Waals surface area contributed by atoms with Crippen LogP contribution in [0.5, 0.6) is 0 Å². The highest BCUT2D eigenvalue weighted by Gasteiger charge is 2.21. The van der Waals surface area contributed by atoms with Crippen LogP contribution in [0.15, 0.2) is 0 Å². The van der Waals surface area contributed by atoms with E-state index in [9.17, 15) is 0 Å². The number of hydrogen-bond donors (Lipinski definition) is 0. The second kappa shape index (κ2) is 6.19. The Bertz CT molecular complexity index is 954. The Morgan fingerprint density at radius 2 is 1.12 bits per heavy atom. The van der Waals surface area contributed by atoms with Crippen LogP contribution in [-0.2, 0) is 12.8 Å². The number of fused-ring (bicyclic) bond motifs is 3. The molecule has 128 valence electrons. The van der Waals surface area contributed by atoms with Gasteiger partial charge in [-0.15, -0.1) is 11.3 Å². The van der Waals surface area contributed by atoms with Crippen LogP contribution in [0.4, 0.5) is 0 Å². The van der Waals surface area contributed by atoms with E-state index in [0.29, 0.717) is 0 Å². The fraction of sp³-hybridized carbons (Fsp3) is 0.478. The van der Waals surface area contributed by atoms with Gasteiger partial charge in [0.05, 0.1) is 0 Å². The minimum atomic E-state index is 1.14. The summed E-state index contributed by atoms with van der Waals surface area (Å²) in [5.41, 5.74) is 12.1. The number of benzene rings is 2. The third-order valence-electron chi connectivity index (χ3n) is 6.19. The average Bonchev–Trinajstić information content (AvgIpc) is 2.97. The third kappa shape index (κ3) is 2.24. The maximum absolute atomic E-state index is 2.33. The second-order valence-electron chi connectivity index (χ2n) is 7.32. The highest BCUT2D eigenvalue weighted by molar-refractivity contribution is 7.26. The van der Waals surface area contributed by atoms with E-state index in [4.69, 9.17) is 0 Å². The van der Waals surface area contributed by atoms with Crippen molar-refractivity contribution in [3.63, 3.8) is 0 Å². The molecular formula is C23H30S. The van der Waals surface area contributed by atoms with Crippen molar-refractivity contribution in [2.24, 2.45) is 0 Å². The number of thiophene rings is 1. The highest BCUT2D eigenvalue weighted by atomic mass is 32.1. The molecule has 0 bridgehead atoms. The molecule has 0 atom stereocenters. The van der Waals surface area contributed by atoms with Gasteiger partial charge in [0.2, 0.25) is 0 Å². The van der Waals surface area contributed by atoms with Crippen molar-refractivity contribution in [2.45, 2.75) is 74.7 Å². The average molecular weight is 339 g/mol. The van der Waals surface area contributed by atoms with Crippen molar-refractivity contribution < 1.29 is 0 Å². The standard InChI is InChI=1S/C23H30S/c1-9-11-19-18(10-2)14(5)17(8)23-21(19)20-15(6)12(3)13(4)16(7)22(20)24-23/h9-11H2,1-8H3. The van der Waals surface area contributed by atoms with Crippen LogP contribution in [0.1, 0.15) is 64.8 Å². The first-order valence-corrected chi connectivity index (χ1v) is 10.1. The molecule has 0 saturated heterocycles. The van der Waals surface area contributed by atoms with Gasteiger partial charge in [0, 0.05) is 20.2 Å². The van der Waals surface area contributed by atoms with E-state index in [2.05, 4.69) is 55.4 Å². The van der Waals surface area contributed by atoms with Crippen LogP contribution in [0.3, 0.4) is 0 Å². The van der Waals surface area contributed by atoms with E-state index in [-0.39, 0.29) is 0 Å². The summed E-state index contributed by atoms with van der Waals surface area (Å²) in [5.74, 6) is 0. The summed E-state index contributed by atoms with van der Waals surface area (Å²) in [5, 5.41) is 3.11. The minimum Gasteiger partial charge on any atom is -0.135 e. The zero-order valence-electron chi connectivity index (χ0n) is 16.5. The summed E-state index contributed by atoms with van der Waals surface area (Å²) < 4.78 is 3.04. The van der Waals surface area contributed by atoms with Gasteiger partial charge in [-0.3, -0.25) is 0 Å². The monoisotopic (exact) mass is 338 g/mol. The van der Waals surface area contributed by atoms with Gasteiger partial charge in [0.15, 0.2) is 0 Å². The van der Waals surface area contributed by atoms with Gasteiger partial charge in [0.1, 0.15) is 0 Å². The molecule has 1 aromatic heterocycles. The maximum atomic E-state index is 2.33. The predicted molar refractivity (Wildman–Crippen MR) is 111 cm³/mol. The van der Waals surface area contributed by atoms with Crippen LogP contribution >= 0.6 is 11.3 Å². The molecule has 0 aliphatic rings. The van der Waals surface area contributed by atoms with Gasteiger partial charge in [-0.25, -0.2) is 0 Å². The van der Waals surface area contributed by atoms with E-state index in [0.717, 1.165) is 6.42 Å². The molecule has 0 saturated carbocycles. The SMILES string of the molecule is CCCc1c(CC)c(C)c(C)c2sc3c(C)c(C)c(C)c(C)c3c12. The van der Waals surface area contributed by atoms with Crippen molar-refractivity contribution in [1.82, 2.24) is 0 Å². The topological polar surface area (TPSA) is 0 Å². The Hall–Kier alpha value is -1.34. The number of rotatable bonds is 3. The van der Waals surface area contributed by atoms with Gasteiger partial charge in [-0.2, -0.15) is 0 Å². The smallest absolute Gasteiger partial charge is 0.0390 e. The summed E-state index contributed by atoms with van der Waals surface area (Å²) in [4.78, 5) is 0. The van der Waals surface area contributed by atoms with E-state index in [1.165, 1.54) is 61.0 Å². The quantitative estimate of drug-likeness (QED) is 0.466. The Kier molecular flexibility index (Phi) is 4.51. The van der Waals surface area contributed by atoms with Crippen LogP contribution in [0.2, 0.25) is 0 Å². The molecule has 0 aliphatic heterocycles. The van der Waals surface area contributed by atoms with Crippen molar-refractivity contribution in [3.05, 3.63) is 44.5 Å². The summed E-state index contributed by atoms with van der Waals surface area (Å²) >= 11 is 2.03. The molecule has 2 aromatic carbocycles. The van der Waals surface area contributed by atoms with Crippen molar-refractivity contribution in [1.29, 1.82) is 0 Å². The van der Waals surface area contributed by atoms with E-state index >= 15 is 0 Å². The first-order valence-electron chi connectivity index (χ1n) is 9.28. The molecule has 24 heavy (non-hydrogen) atoms. The molecule has 0 unspecified atom stereocenters. The first kappa shape index (κ1) is 17.5. The van der Waals surface area contributed by atoms with Gasteiger partial charge in [-0.05, 0) is 98.9 Å². The van der Waals surface area contributed by atoms with Crippen LogP contribution in [-0.4, -0.2) is 0 Å². The highest BCUT2D eigenvalue weighted by Crippen LogP contribution is 2.45. The summed E-state index contributed by atoms with van der Waals surface area (Å²) in [7, 11) is 0. The van der Waals surface area contributed by atoms with Crippen LogP contribution < -0.4 is 0 Å². The minimum absolute atomic E-state index is 1.14. The zero-order chi connectivity index (χ0) is 17.8. The summed E-state index contributed by atoms with van der Waals surface area (Å²) in [6.45, 7) is 18.5. The lowest BCUT2D eigenvalue weighted by molar-refractivity contribution is 0.903. The van der Waals surface area contributed by atoms with Crippen molar-refractivity contribution >= 4 is 31.5 Å². The summed E-state index contributed by atoms with van der Waals surface area (Å²) in [6.07, 6.45) is 3.54. The molecule has 0 fully saturated rings. The lowest BCUT2D eigenvalue weighted by atomic mass is 9.87. The molecule has 3 rings (SSSR count). The Morgan fingerprint density at radius 1 is 0.583 bits per heavy atom. The predicted octanol–water partition coefficient (Wildman–Crippen LogP) is 7.42. The zero-order valence-corrected chi connectivity index (χ0v) is 17.3. The molecule has 0 radical (unpaired) electrons. The van der Waals surface area contributed by atoms with Crippen molar-refractivity contribution in [2.75, 3.05) is 0 Å². The maximum Gasteiger partial charge on any atom is 0.0390 e. The molecule has 1 heterocycles. The third-order valence-corrected chi connectivity index (χ3v) is 7.62. The normalized spacial score (nSPS) is 11.8. The summed E-state index contributed by atoms with van der Waals surface area (Å²) in [6, 6.07) is 0. The molecule has 1 heteroatoms. The largest absolute Gasteiger partial charge is 0.135 e. The number of hydrogen-bond acceptors (Lipinski definition) is 1.